The molecule has 1 unspecified atom stereocenters. The average molecular weight is 562 g/mol. The van der Waals surface area contributed by atoms with E-state index in [-0.39, 0.29) is 5.25 Å². The molecule has 11 heteroatoms. The molecular formula is C21H19BrCl2N2O5S. The summed E-state index contributed by atoms with van der Waals surface area (Å²) in [4.78, 5) is 22.3. The molecule has 32 heavy (non-hydrogen) atoms. The van der Waals surface area contributed by atoms with Crippen molar-refractivity contribution in [3.63, 3.8) is 0 Å². The Hall–Kier alpha value is -2.20. The second-order valence-electron chi connectivity index (χ2n) is 6.32. The van der Waals surface area contributed by atoms with Crippen LogP contribution in [0.4, 0.5) is 0 Å². The van der Waals surface area contributed by atoms with Crippen molar-refractivity contribution in [1.29, 1.82) is 0 Å². The minimum absolute atomic E-state index is 0.266. The molecule has 0 bridgehead atoms. The Morgan fingerprint density at radius 3 is 2.34 bits per heavy atom. The van der Waals surface area contributed by atoms with Crippen molar-refractivity contribution >= 4 is 62.8 Å². The highest BCUT2D eigenvalue weighted by Crippen LogP contribution is 2.27. The summed E-state index contributed by atoms with van der Waals surface area (Å²) in [5.41, 5.74) is 1.14. The standard InChI is InChI=1S/C19H17BrCl2N2OS.C2H2O4/c20-15-2-4-16(5-3-15)25-11-17(10-24-8-7-23-13-24)26-12-14-1-6-18(21)19(22)9-14;3-1(4)2(5)6/h1-9,13,17H,10-12H2;(H,3,4)(H,5,6). The number of imidazole rings is 1. The van der Waals surface area contributed by atoms with E-state index in [1.807, 2.05) is 66.8 Å². The first-order valence-corrected chi connectivity index (χ1v) is 11.7. The van der Waals surface area contributed by atoms with Crippen LogP contribution >= 0.6 is 50.9 Å². The third-order valence-electron chi connectivity index (χ3n) is 3.88. The molecule has 7 nitrogen and oxygen atoms in total. The number of carbonyl (C=O) groups is 2. The molecule has 0 aliphatic rings. The van der Waals surface area contributed by atoms with Crippen molar-refractivity contribution in [3.8, 4) is 5.75 Å². The zero-order chi connectivity index (χ0) is 23.5. The van der Waals surface area contributed by atoms with Gasteiger partial charge in [0, 0.05) is 29.2 Å². The smallest absolute Gasteiger partial charge is 0.414 e. The van der Waals surface area contributed by atoms with E-state index in [0.29, 0.717) is 16.7 Å². The SMILES string of the molecule is Clc1ccc(CSC(COc2ccc(Br)cc2)Cn2ccnc2)cc1Cl.O=C(O)C(=O)O. The number of ether oxygens (including phenoxy) is 1. The molecule has 170 valence electrons. The topological polar surface area (TPSA) is 102 Å². The number of rotatable bonds is 8. The highest BCUT2D eigenvalue weighted by atomic mass is 79.9. The lowest BCUT2D eigenvalue weighted by Crippen LogP contribution is -2.20. The van der Waals surface area contributed by atoms with Gasteiger partial charge in [-0.05, 0) is 42.0 Å². The maximum Gasteiger partial charge on any atom is 0.414 e. The number of hydrogen-bond donors (Lipinski definition) is 2. The average Bonchev–Trinajstić information content (AvgIpc) is 3.27. The van der Waals surface area contributed by atoms with E-state index >= 15 is 0 Å². The van der Waals surface area contributed by atoms with E-state index in [2.05, 4.69) is 25.5 Å². The number of aromatic nitrogens is 2. The predicted molar refractivity (Wildman–Crippen MR) is 129 cm³/mol. The molecule has 1 heterocycles. The van der Waals surface area contributed by atoms with Crippen LogP contribution in [0.3, 0.4) is 0 Å². The lowest BCUT2D eigenvalue weighted by Gasteiger charge is -2.18. The van der Waals surface area contributed by atoms with Crippen LogP contribution in [0.1, 0.15) is 5.56 Å². The largest absolute Gasteiger partial charge is 0.492 e. The number of benzene rings is 2. The fourth-order valence-corrected chi connectivity index (χ4v) is 3.98. The number of carboxylic acid groups (broad SMARTS) is 2. The summed E-state index contributed by atoms with van der Waals surface area (Å²) in [5, 5.41) is 16.2. The minimum Gasteiger partial charge on any atom is -0.492 e. The molecule has 0 aliphatic carbocycles. The first kappa shape index (κ1) is 26.1. The summed E-state index contributed by atoms with van der Waals surface area (Å²) < 4.78 is 9.08. The molecule has 0 spiro atoms. The number of aliphatic carboxylic acids is 2. The van der Waals surface area contributed by atoms with Gasteiger partial charge in [0.1, 0.15) is 12.4 Å². The van der Waals surface area contributed by atoms with Gasteiger partial charge in [-0.3, -0.25) is 0 Å². The van der Waals surface area contributed by atoms with Crippen LogP contribution in [0.15, 0.2) is 65.7 Å². The maximum absolute atomic E-state index is 9.10. The Kier molecular flexibility index (Phi) is 10.9. The first-order chi connectivity index (χ1) is 15.2. The number of thioether (sulfide) groups is 1. The van der Waals surface area contributed by atoms with Crippen molar-refractivity contribution in [3.05, 3.63) is 81.3 Å². The molecule has 0 radical (unpaired) electrons. The van der Waals surface area contributed by atoms with Crippen LogP contribution in [-0.4, -0.2) is 43.6 Å². The molecule has 0 fully saturated rings. The van der Waals surface area contributed by atoms with Gasteiger partial charge in [0.25, 0.3) is 0 Å². The summed E-state index contributed by atoms with van der Waals surface area (Å²) in [6.07, 6.45) is 5.58. The normalized spacial score (nSPS) is 11.2. The molecule has 3 rings (SSSR count). The Balaban J connectivity index is 0.000000534. The van der Waals surface area contributed by atoms with Gasteiger partial charge >= 0.3 is 11.9 Å². The van der Waals surface area contributed by atoms with E-state index in [1.165, 1.54) is 0 Å². The molecule has 2 aromatic carbocycles. The quantitative estimate of drug-likeness (QED) is 0.351. The van der Waals surface area contributed by atoms with Gasteiger partial charge < -0.3 is 19.5 Å². The summed E-state index contributed by atoms with van der Waals surface area (Å²) in [5.74, 6) is -1.95. The predicted octanol–water partition coefficient (Wildman–Crippen LogP) is 5.49. The molecule has 0 aliphatic heterocycles. The molecular weight excluding hydrogens is 543 g/mol. The minimum atomic E-state index is -1.82. The summed E-state index contributed by atoms with van der Waals surface area (Å²) in [6, 6.07) is 13.6. The van der Waals surface area contributed by atoms with Crippen molar-refractivity contribution in [2.45, 2.75) is 17.5 Å². The highest BCUT2D eigenvalue weighted by molar-refractivity contribution is 9.10. The third kappa shape index (κ3) is 9.52. The van der Waals surface area contributed by atoms with Gasteiger partial charge in [-0.1, -0.05) is 45.2 Å². The summed E-state index contributed by atoms with van der Waals surface area (Å²) in [7, 11) is 0. The number of carboxylic acids is 2. The monoisotopic (exact) mass is 560 g/mol. The second kappa shape index (κ2) is 13.4. The van der Waals surface area contributed by atoms with Gasteiger partial charge in [-0.15, -0.1) is 11.8 Å². The Morgan fingerprint density at radius 2 is 1.78 bits per heavy atom. The zero-order valence-corrected chi connectivity index (χ0v) is 20.4. The summed E-state index contributed by atoms with van der Waals surface area (Å²) in [6.45, 7) is 1.42. The second-order valence-corrected chi connectivity index (χ2v) is 9.33. The lowest BCUT2D eigenvalue weighted by molar-refractivity contribution is -0.159. The number of hydrogen-bond acceptors (Lipinski definition) is 5. The van der Waals surface area contributed by atoms with Gasteiger partial charge in [0.05, 0.1) is 21.6 Å². The molecule has 1 aromatic heterocycles. The van der Waals surface area contributed by atoms with Gasteiger partial charge in [-0.2, -0.15) is 0 Å². The summed E-state index contributed by atoms with van der Waals surface area (Å²) >= 11 is 17.4. The van der Waals surface area contributed by atoms with E-state index < -0.39 is 11.9 Å². The molecule has 0 saturated carbocycles. The molecule has 2 N–H and O–H groups in total. The van der Waals surface area contributed by atoms with Crippen LogP contribution in [0.25, 0.3) is 0 Å². The first-order valence-electron chi connectivity index (χ1n) is 9.10. The Bertz CT molecular complexity index is 1010. The van der Waals surface area contributed by atoms with Crippen molar-refractivity contribution in [2.75, 3.05) is 6.61 Å². The fourth-order valence-electron chi connectivity index (χ4n) is 2.35. The van der Waals surface area contributed by atoms with Crippen LogP contribution in [-0.2, 0) is 21.9 Å². The number of halogens is 3. The number of nitrogens with zero attached hydrogens (tertiary/aromatic N) is 2. The molecule has 3 aromatic rings. The van der Waals surface area contributed by atoms with Gasteiger partial charge in [0.2, 0.25) is 0 Å². The maximum atomic E-state index is 9.10. The van der Waals surface area contributed by atoms with Crippen LogP contribution in [0.2, 0.25) is 10.0 Å². The van der Waals surface area contributed by atoms with E-state index in [4.69, 9.17) is 47.7 Å². The van der Waals surface area contributed by atoms with Crippen molar-refractivity contribution in [1.82, 2.24) is 9.55 Å². The third-order valence-corrected chi connectivity index (χ3v) is 6.40. The molecule has 1 atom stereocenters. The van der Waals surface area contributed by atoms with Gasteiger partial charge in [0.15, 0.2) is 0 Å². The fraction of sp³-hybridized carbons (Fsp3) is 0.190. The van der Waals surface area contributed by atoms with Crippen LogP contribution in [0.5, 0.6) is 5.75 Å². The van der Waals surface area contributed by atoms with E-state index in [1.54, 1.807) is 6.20 Å². The zero-order valence-electron chi connectivity index (χ0n) is 16.5. The molecule has 0 amide bonds. The van der Waals surface area contributed by atoms with Crippen LogP contribution < -0.4 is 4.74 Å². The highest BCUT2D eigenvalue weighted by Gasteiger charge is 2.13. The molecule has 0 saturated heterocycles. The van der Waals surface area contributed by atoms with E-state index in [9.17, 15) is 0 Å². The van der Waals surface area contributed by atoms with E-state index in [0.717, 1.165) is 28.1 Å². The lowest BCUT2D eigenvalue weighted by atomic mass is 10.2. The van der Waals surface area contributed by atoms with Crippen molar-refractivity contribution in [2.24, 2.45) is 0 Å². The van der Waals surface area contributed by atoms with Crippen LogP contribution in [0, 0.1) is 0 Å². The Morgan fingerprint density at radius 1 is 1.09 bits per heavy atom. The van der Waals surface area contributed by atoms with Crippen molar-refractivity contribution < 1.29 is 24.5 Å². The van der Waals surface area contributed by atoms with Gasteiger partial charge in [-0.25, -0.2) is 14.6 Å². The Labute approximate surface area is 207 Å².